The molecule has 0 saturated carbocycles. The van der Waals surface area contributed by atoms with Crippen LogP contribution in [0.2, 0.25) is 0 Å². The van der Waals surface area contributed by atoms with E-state index in [4.69, 9.17) is 9.47 Å². The fourth-order valence-corrected chi connectivity index (χ4v) is 3.49. The standard InChI is InChI=1S/C24H23NO3/c1-15(2)9-10-27-18-11-16(3)23-21(13-18)28-22(24(23)26)12-17-14-25(4)20-8-6-5-7-19(17)20/h5-9,11-14H,10H2,1-4H3/b22-12-. The van der Waals surface area contributed by atoms with Crippen molar-refractivity contribution in [2.24, 2.45) is 7.05 Å². The normalized spacial score (nSPS) is 14.3. The highest BCUT2D eigenvalue weighted by atomic mass is 16.5. The first-order valence-corrected chi connectivity index (χ1v) is 9.33. The minimum atomic E-state index is -0.0868. The smallest absolute Gasteiger partial charge is 0.232 e. The van der Waals surface area contributed by atoms with Crippen molar-refractivity contribution < 1.29 is 14.3 Å². The maximum atomic E-state index is 12.9. The summed E-state index contributed by atoms with van der Waals surface area (Å²) in [6, 6.07) is 11.8. The Labute approximate surface area is 164 Å². The van der Waals surface area contributed by atoms with Crippen molar-refractivity contribution in [1.82, 2.24) is 4.57 Å². The Balaban J connectivity index is 1.67. The number of carbonyl (C=O) groups excluding carboxylic acids is 1. The molecule has 28 heavy (non-hydrogen) atoms. The maximum Gasteiger partial charge on any atom is 0.232 e. The van der Waals surface area contributed by atoms with Gasteiger partial charge in [0.25, 0.3) is 0 Å². The molecule has 4 heteroatoms. The van der Waals surface area contributed by atoms with Crippen molar-refractivity contribution in [3.05, 3.63) is 76.7 Å². The van der Waals surface area contributed by atoms with Crippen LogP contribution in [0.4, 0.5) is 0 Å². The summed E-state index contributed by atoms with van der Waals surface area (Å²) in [7, 11) is 2.00. The summed E-state index contributed by atoms with van der Waals surface area (Å²) >= 11 is 0. The second-order valence-electron chi connectivity index (χ2n) is 7.36. The number of aryl methyl sites for hydroxylation is 2. The van der Waals surface area contributed by atoms with E-state index >= 15 is 0 Å². The third-order valence-corrected chi connectivity index (χ3v) is 4.90. The van der Waals surface area contributed by atoms with Crippen LogP contribution in [0.25, 0.3) is 17.0 Å². The van der Waals surface area contributed by atoms with Gasteiger partial charge in [0.1, 0.15) is 18.1 Å². The summed E-state index contributed by atoms with van der Waals surface area (Å²) in [6.45, 7) is 6.47. The number of hydrogen-bond donors (Lipinski definition) is 0. The number of carbonyl (C=O) groups is 1. The van der Waals surface area contributed by atoms with Crippen LogP contribution in [0.15, 0.2) is 60.0 Å². The highest BCUT2D eigenvalue weighted by Gasteiger charge is 2.30. The zero-order chi connectivity index (χ0) is 19.8. The summed E-state index contributed by atoms with van der Waals surface area (Å²) in [4.78, 5) is 12.9. The van der Waals surface area contributed by atoms with E-state index in [0.717, 1.165) is 22.0 Å². The average molecular weight is 373 g/mol. The Hall–Kier alpha value is -3.27. The average Bonchev–Trinajstić information content (AvgIpc) is 3.13. The Morgan fingerprint density at radius 2 is 2.00 bits per heavy atom. The number of ether oxygens (including phenoxy) is 2. The zero-order valence-corrected chi connectivity index (χ0v) is 16.6. The van der Waals surface area contributed by atoms with E-state index in [2.05, 4.69) is 16.7 Å². The van der Waals surface area contributed by atoms with E-state index in [-0.39, 0.29) is 5.78 Å². The van der Waals surface area contributed by atoms with E-state index < -0.39 is 0 Å². The first-order valence-electron chi connectivity index (χ1n) is 9.33. The molecule has 1 aliphatic heterocycles. The quantitative estimate of drug-likeness (QED) is 0.451. The van der Waals surface area contributed by atoms with Crippen molar-refractivity contribution in [2.75, 3.05) is 6.61 Å². The minimum absolute atomic E-state index is 0.0868. The molecule has 1 aromatic heterocycles. The summed E-state index contributed by atoms with van der Waals surface area (Å²) < 4.78 is 13.8. The van der Waals surface area contributed by atoms with Gasteiger partial charge in [-0.2, -0.15) is 0 Å². The molecule has 0 spiro atoms. The van der Waals surface area contributed by atoms with Crippen LogP contribution in [0, 0.1) is 6.92 Å². The number of aromatic nitrogens is 1. The summed E-state index contributed by atoms with van der Waals surface area (Å²) in [6.07, 6.45) is 5.85. The minimum Gasteiger partial charge on any atom is -0.489 e. The van der Waals surface area contributed by atoms with Gasteiger partial charge in [-0.15, -0.1) is 0 Å². The van der Waals surface area contributed by atoms with Gasteiger partial charge in [0, 0.05) is 35.8 Å². The molecule has 4 rings (SSSR count). The first kappa shape index (κ1) is 18.1. The van der Waals surface area contributed by atoms with Crippen molar-refractivity contribution in [3.63, 3.8) is 0 Å². The molecule has 0 amide bonds. The van der Waals surface area contributed by atoms with Gasteiger partial charge >= 0.3 is 0 Å². The summed E-state index contributed by atoms with van der Waals surface area (Å²) in [5, 5.41) is 1.09. The topological polar surface area (TPSA) is 40.5 Å². The molecule has 1 aliphatic rings. The van der Waals surface area contributed by atoms with E-state index in [1.165, 1.54) is 5.57 Å². The highest BCUT2D eigenvalue weighted by Crippen LogP contribution is 2.38. The zero-order valence-electron chi connectivity index (χ0n) is 16.6. The predicted octanol–water partition coefficient (Wildman–Crippen LogP) is 5.45. The summed E-state index contributed by atoms with van der Waals surface area (Å²) in [5.74, 6) is 1.52. The van der Waals surface area contributed by atoms with Gasteiger partial charge in [-0.1, -0.05) is 23.8 Å². The lowest BCUT2D eigenvalue weighted by atomic mass is 10.0. The van der Waals surface area contributed by atoms with Gasteiger partial charge in [-0.05, 0) is 50.6 Å². The molecule has 142 valence electrons. The lowest BCUT2D eigenvalue weighted by Gasteiger charge is -2.07. The Morgan fingerprint density at radius 3 is 2.79 bits per heavy atom. The van der Waals surface area contributed by atoms with Crippen LogP contribution in [0.1, 0.15) is 35.3 Å². The number of fused-ring (bicyclic) bond motifs is 2. The molecule has 3 aromatic rings. The van der Waals surface area contributed by atoms with Crippen LogP contribution >= 0.6 is 0 Å². The van der Waals surface area contributed by atoms with Gasteiger partial charge in [-0.3, -0.25) is 4.79 Å². The molecule has 0 unspecified atom stereocenters. The molecule has 0 atom stereocenters. The van der Waals surface area contributed by atoms with Gasteiger partial charge < -0.3 is 14.0 Å². The number of allylic oxidation sites excluding steroid dienone is 2. The van der Waals surface area contributed by atoms with Crippen LogP contribution in [0.5, 0.6) is 11.5 Å². The lowest BCUT2D eigenvalue weighted by molar-refractivity contribution is 0.101. The third kappa shape index (κ3) is 3.22. The molecule has 0 N–H and O–H groups in total. The number of benzene rings is 2. The lowest BCUT2D eigenvalue weighted by Crippen LogP contribution is -2.00. The van der Waals surface area contributed by atoms with E-state index in [9.17, 15) is 4.79 Å². The molecule has 0 saturated heterocycles. The molecule has 0 bridgehead atoms. The Kier molecular flexibility index (Phi) is 4.55. The van der Waals surface area contributed by atoms with Crippen molar-refractivity contribution in [1.29, 1.82) is 0 Å². The molecular formula is C24H23NO3. The van der Waals surface area contributed by atoms with Crippen molar-refractivity contribution >= 4 is 22.8 Å². The SMILES string of the molecule is CC(C)=CCOc1cc(C)c2c(c1)O/C(=C\c1cn(C)c3ccccc13)C2=O. The Morgan fingerprint density at radius 1 is 1.21 bits per heavy atom. The monoisotopic (exact) mass is 373 g/mol. The molecule has 4 nitrogen and oxygen atoms in total. The van der Waals surface area contributed by atoms with E-state index in [1.807, 2.05) is 64.4 Å². The number of rotatable bonds is 4. The molecule has 0 radical (unpaired) electrons. The fraction of sp³-hybridized carbons (Fsp3) is 0.208. The fourth-order valence-electron chi connectivity index (χ4n) is 3.49. The van der Waals surface area contributed by atoms with Gasteiger partial charge in [0.15, 0.2) is 5.76 Å². The number of nitrogens with zero attached hydrogens (tertiary/aromatic N) is 1. The molecule has 0 fully saturated rings. The van der Waals surface area contributed by atoms with Gasteiger partial charge in [-0.25, -0.2) is 0 Å². The van der Waals surface area contributed by atoms with Crippen LogP contribution < -0.4 is 9.47 Å². The van der Waals surface area contributed by atoms with E-state index in [0.29, 0.717) is 29.4 Å². The number of hydrogen-bond acceptors (Lipinski definition) is 3. The van der Waals surface area contributed by atoms with Crippen molar-refractivity contribution in [2.45, 2.75) is 20.8 Å². The first-order chi connectivity index (χ1) is 13.4. The van der Waals surface area contributed by atoms with Gasteiger partial charge in [0.05, 0.1) is 5.56 Å². The number of para-hydroxylation sites is 1. The van der Waals surface area contributed by atoms with Crippen molar-refractivity contribution in [3.8, 4) is 11.5 Å². The molecular weight excluding hydrogens is 350 g/mol. The highest BCUT2D eigenvalue weighted by molar-refractivity contribution is 6.16. The number of ketones is 1. The second-order valence-corrected chi connectivity index (χ2v) is 7.36. The predicted molar refractivity (Wildman–Crippen MR) is 112 cm³/mol. The third-order valence-electron chi connectivity index (χ3n) is 4.90. The van der Waals surface area contributed by atoms with Gasteiger partial charge in [0.2, 0.25) is 5.78 Å². The molecule has 2 aromatic carbocycles. The van der Waals surface area contributed by atoms with E-state index in [1.54, 1.807) is 6.07 Å². The molecule has 0 aliphatic carbocycles. The van der Waals surface area contributed by atoms with Crippen LogP contribution in [0.3, 0.4) is 0 Å². The molecule has 2 heterocycles. The van der Waals surface area contributed by atoms with Crippen LogP contribution in [-0.4, -0.2) is 17.0 Å². The largest absolute Gasteiger partial charge is 0.489 e. The van der Waals surface area contributed by atoms with Crippen LogP contribution in [-0.2, 0) is 7.05 Å². The summed E-state index contributed by atoms with van der Waals surface area (Å²) in [5.41, 5.74) is 4.75. The number of Topliss-reactive ketones (excluding diaryl/α,β-unsaturated/α-hetero) is 1. The second kappa shape index (κ2) is 7.04. The Bertz CT molecular complexity index is 1140. The maximum absolute atomic E-state index is 12.9.